The molecular weight excluding hydrogens is 208 g/mol. The largest absolute Gasteiger partial charge is 0.472 e. The van der Waals surface area contributed by atoms with Crippen LogP contribution in [0.4, 0.5) is 11.4 Å². The van der Waals surface area contributed by atoms with E-state index in [4.69, 9.17) is 4.79 Å². The lowest BCUT2D eigenvalue weighted by atomic mass is 10.2. The van der Waals surface area contributed by atoms with Gasteiger partial charge in [0, 0.05) is 12.2 Å². The van der Waals surface area contributed by atoms with E-state index >= 15 is 0 Å². The Morgan fingerprint density at radius 1 is 1.06 bits per heavy atom. The first-order valence-corrected chi connectivity index (χ1v) is 4.48. The van der Waals surface area contributed by atoms with E-state index in [1.807, 2.05) is 0 Å². The molecule has 0 bridgehead atoms. The van der Waals surface area contributed by atoms with Crippen molar-refractivity contribution in [1.82, 2.24) is 0 Å². The average molecular weight is 215 g/mol. The highest BCUT2D eigenvalue weighted by Gasteiger charge is 2.24. The summed E-state index contributed by atoms with van der Waals surface area (Å²) in [5.74, 6) is -0.732. The maximum absolute atomic E-state index is 11.3. The Kier molecular flexibility index (Phi) is 2.45. The van der Waals surface area contributed by atoms with Crippen molar-refractivity contribution in [3.05, 3.63) is 36.4 Å². The molecule has 5 nitrogen and oxygen atoms in total. The van der Waals surface area contributed by atoms with Gasteiger partial charge in [0.2, 0.25) is 0 Å². The second kappa shape index (κ2) is 3.92. The van der Waals surface area contributed by atoms with E-state index < -0.39 is 0 Å². The minimum absolute atomic E-state index is 0.366. The predicted molar refractivity (Wildman–Crippen MR) is 57.1 cm³/mol. The first-order valence-electron chi connectivity index (χ1n) is 4.48. The van der Waals surface area contributed by atoms with Crippen molar-refractivity contribution in [3.63, 3.8) is 0 Å². The molecule has 0 unspecified atom stereocenters. The fourth-order valence-electron chi connectivity index (χ4n) is 1.39. The number of rotatable bonds is 2. The molecular formula is C11H7N2O3+. The molecule has 1 N–H and O–H groups in total. The number of nitrogens with zero attached hydrogens (tertiary/aromatic N) is 2. The van der Waals surface area contributed by atoms with E-state index in [1.54, 1.807) is 30.3 Å². The third-order valence-electron chi connectivity index (χ3n) is 2.10. The molecule has 1 aliphatic heterocycles. The summed E-state index contributed by atoms with van der Waals surface area (Å²) in [6, 6.07) is 6.27. The molecule has 5 heteroatoms. The van der Waals surface area contributed by atoms with Gasteiger partial charge in [-0.3, -0.25) is 9.59 Å². The number of amides is 2. The van der Waals surface area contributed by atoms with Crippen LogP contribution in [-0.2, 0) is 9.59 Å². The number of aliphatic imine (C=N–C) groups is 1. The Bertz CT molecular complexity index is 507. The summed E-state index contributed by atoms with van der Waals surface area (Å²) in [7, 11) is 0. The number of anilines is 1. The van der Waals surface area contributed by atoms with Crippen LogP contribution in [0, 0.1) is 0 Å². The van der Waals surface area contributed by atoms with Crippen molar-refractivity contribution in [2.45, 2.75) is 0 Å². The number of isocyanates is 1. The SMILES string of the molecule is O=C1C=CC(=O)N1c1ccc(N=C=[OH+])cc1. The molecule has 0 atom stereocenters. The molecule has 16 heavy (non-hydrogen) atoms. The molecule has 2 rings (SSSR count). The van der Waals surface area contributed by atoms with Crippen molar-refractivity contribution in [2.24, 2.45) is 4.99 Å². The number of hydrogen-bond donors (Lipinski definition) is 0. The van der Waals surface area contributed by atoms with Gasteiger partial charge in [-0.1, -0.05) is 0 Å². The lowest BCUT2D eigenvalue weighted by Crippen LogP contribution is -2.29. The van der Waals surface area contributed by atoms with Gasteiger partial charge in [0.15, 0.2) is 0 Å². The first kappa shape index (κ1) is 10.0. The third-order valence-corrected chi connectivity index (χ3v) is 2.10. The summed E-state index contributed by atoms with van der Waals surface area (Å²) in [5.41, 5.74) is 0.954. The van der Waals surface area contributed by atoms with Gasteiger partial charge in [0.1, 0.15) is 0 Å². The third kappa shape index (κ3) is 1.67. The highest BCUT2D eigenvalue weighted by molar-refractivity contribution is 6.28. The van der Waals surface area contributed by atoms with Gasteiger partial charge < -0.3 is 0 Å². The Labute approximate surface area is 90.7 Å². The van der Waals surface area contributed by atoms with Crippen molar-refractivity contribution < 1.29 is 14.4 Å². The van der Waals surface area contributed by atoms with Gasteiger partial charge >= 0.3 is 6.08 Å². The van der Waals surface area contributed by atoms with Gasteiger partial charge in [-0.25, -0.2) is 9.69 Å². The number of hydrogen-bond acceptors (Lipinski definition) is 3. The zero-order chi connectivity index (χ0) is 11.5. The Balaban J connectivity index is 2.32. The topological polar surface area (TPSA) is 71.1 Å². The van der Waals surface area contributed by atoms with Crippen LogP contribution < -0.4 is 4.90 Å². The standard InChI is InChI=1S/C11H6N2O3/c14-7-12-8-1-3-9(4-2-8)13-10(15)5-6-11(13)16/h1-6H/p+1. The van der Waals surface area contributed by atoms with Crippen molar-refractivity contribution in [3.8, 4) is 0 Å². The lowest BCUT2D eigenvalue weighted by Gasteiger charge is -2.13. The summed E-state index contributed by atoms with van der Waals surface area (Å²) in [6.45, 7) is 0. The van der Waals surface area contributed by atoms with Crippen LogP contribution >= 0.6 is 0 Å². The summed E-state index contributed by atoms with van der Waals surface area (Å²) in [6.07, 6.45) is 4.09. The van der Waals surface area contributed by atoms with E-state index in [2.05, 4.69) is 4.99 Å². The maximum Gasteiger partial charge on any atom is 0.472 e. The quantitative estimate of drug-likeness (QED) is 0.320. The molecule has 0 spiro atoms. The molecule has 0 saturated heterocycles. The molecule has 1 aliphatic rings. The Morgan fingerprint density at radius 3 is 2.12 bits per heavy atom. The van der Waals surface area contributed by atoms with Crippen molar-refractivity contribution >= 4 is 29.3 Å². The second-order valence-electron chi connectivity index (χ2n) is 3.07. The number of imide groups is 1. The molecule has 0 saturated carbocycles. The van der Waals surface area contributed by atoms with Crippen molar-refractivity contribution in [1.29, 1.82) is 0 Å². The molecule has 0 fully saturated rings. The van der Waals surface area contributed by atoms with Crippen molar-refractivity contribution in [2.75, 3.05) is 4.90 Å². The summed E-state index contributed by atoms with van der Waals surface area (Å²) in [5, 5.41) is 0. The number of benzene rings is 1. The van der Waals surface area contributed by atoms with E-state index in [0.717, 1.165) is 4.90 Å². The second-order valence-corrected chi connectivity index (χ2v) is 3.07. The van der Waals surface area contributed by atoms with Crippen LogP contribution in [-0.4, -0.2) is 22.7 Å². The van der Waals surface area contributed by atoms with Crippen LogP contribution in [0.5, 0.6) is 0 Å². The van der Waals surface area contributed by atoms with Crippen LogP contribution in [0.1, 0.15) is 0 Å². The lowest BCUT2D eigenvalue weighted by molar-refractivity contribution is -0.119. The molecule has 1 aromatic carbocycles. The highest BCUT2D eigenvalue weighted by atomic mass is 16.2. The number of carbonyl (C=O) groups is 2. The van der Waals surface area contributed by atoms with Crippen LogP contribution in [0.25, 0.3) is 0 Å². The van der Waals surface area contributed by atoms with Crippen LogP contribution in [0.2, 0.25) is 0 Å². The van der Waals surface area contributed by atoms with Gasteiger partial charge in [0.25, 0.3) is 11.8 Å². The minimum Gasteiger partial charge on any atom is -0.269 e. The fourth-order valence-corrected chi connectivity index (χ4v) is 1.39. The smallest absolute Gasteiger partial charge is 0.269 e. The summed E-state index contributed by atoms with van der Waals surface area (Å²) >= 11 is 0. The van der Waals surface area contributed by atoms with E-state index in [0.29, 0.717) is 11.4 Å². The summed E-state index contributed by atoms with van der Waals surface area (Å²) in [4.78, 5) is 35.6. The van der Waals surface area contributed by atoms with E-state index in [1.165, 1.54) is 12.2 Å². The minimum atomic E-state index is -0.366. The van der Waals surface area contributed by atoms with E-state index in [9.17, 15) is 9.59 Å². The molecule has 0 aliphatic carbocycles. The maximum atomic E-state index is 11.3. The highest BCUT2D eigenvalue weighted by Crippen LogP contribution is 2.22. The fraction of sp³-hybridized carbons (Fsp3) is 0. The molecule has 0 aromatic heterocycles. The normalized spacial score (nSPS) is 14.1. The number of carbonyl (C=O) groups excluding carboxylic acids is 3. The van der Waals surface area contributed by atoms with Gasteiger partial charge in [0.05, 0.1) is 11.4 Å². The molecule has 2 amide bonds. The van der Waals surface area contributed by atoms with Gasteiger partial charge in [-0.15, -0.1) is 4.99 Å². The predicted octanol–water partition coefficient (Wildman–Crippen LogP) is 1.03. The molecule has 0 radical (unpaired) electrons. The van der Waals surface area contributed by atoms with E-state index in [-0.39, 0.29) is 11.8 Å². The Hall–Kier alpha value is -2.52. The Morgan fingerprint density at radius 2 is 1.62 bits per heavy atom. The molecule has 1 aromatic rings. The molecule has 78 valence electrons. The zero-order valence-electron chi connectivity index (χ0n) is 8.12. The first-order chi connectivity index (χ1) is 7.72. The average Bonchev–Trinajstić information content (AvgIpc) is 2.61. The summed E-state index contributed by atoms with van der Waals surface area (Å²) < 4.78 is 0. The van der Waals surface area contributed by atoms with Crippen LogP contribution in [0.3, 0.4) is 0 Å². The zero-order valence-corrected chi connectivity index (χ0v) is 8.12. The van der Waals surface area contributed by atoms with Crippen LogP contribution in [0.15, 0.2) is 41.4 Å². The van der Waals surface area contributed by atoms with Gasteiger partial charge in [-0.05, 0) is 24.3 Å². The molecule has 1 heterocycles. The van der Waals surface area contributed by atoms with Gasteiger partial charge in [-0.2, -0.15) is 0 Å². The monoisotopic (exact) mass is 215 g/mol.